The van der Waals surface area contributed by atoms with E-state index in [2.05, 4.69) is 10.3 Å². The molecule has 1 amide bonds. The number of amides is 1. The molecule has 1 aromatic heterocycles. The van der Waals surface area contributed by atoms with E-state index in [1.54, 1.807) is 19.4 Å². The van der Waals surface area contributed by atoms with Crippen molar-refractivity contribution in [2.45, 2.75) is 25.4 Å². The fraction of sp³-hybridized carbons (Fsp3) is 0.667. The molecule has 1 rings (SSSR count). The monoisotopic (exact) mass is 287 g/mol. The molecule has 0 aliphatic rings. The maximum Gasteiger partial charge on any atom is 0.270 e. The Hall–Kier alpha value is -1.02. The van der Waals surface area contributed by atoms with Crippen molar-refractivity contribution < 1.29 is 14.6 Å². The largest absolute Gasteiger partial charge is 0.388 e. The van der Waals surface area contributed by atoms with E-state index in [0.29, 0.717) is 31.7 Å². The van der Waals surface area contributed by atoms with E-state index in [1.807, 2.05) is 0 Å². The Bertz CT molecular complexity index is 407. The molecule has 0 bridgehead atoms. The van der Waals surface area contributed by atoms with Crippen molar-refractivity contribution in [1.29, 1.82) is 0 Å². The van der Waals surface area contributed by atoms with Gasteiger partial charge < -0.3 is 20.9 Å². The van der Waals surface area contributed by atoms with Crippen LogP contribution in [0, 0.1) is 0 Å². The van der Waals surface area contributed by atoms with Crippen molar-refractivity contribution in [1.82, 2.24) is 10.3 Å². The Morgan fingerprint density at radius 3 is 3.05 bits per heavy atom. The highest BCUT2D eigenvalue weighted by molar-refractivity contribution is 7.09. The number of thiazole rings is 1. The molecule has 4 N–H and O–H groups in total. The third-order valence-electron chi connectivity index (χ3n) is 2.62. The molecule has 0 fully saturated rings. The third kappa shape index (κ3) is 5.65. The SMILES string of the molecule is COCCC(C)(O)CNC(=O)c1csc(CCN)n1. The van der Waals surface area contributed by atoms with E-state index in [4.69, 9.17) is 10.5 Å². The van der Waals surface area contributed by atoms with E-state index < -0.39 is 5.60 Å². The van der Waals surface area contributed by atoms with Crippen LogP contribution in [0.1, 0.15) is 28.8 Å². The molecule has 1 aromatic rings. The van der Waals surface area contributed by atoms with E-state index in [9.17, 15) is 9.90 Å². The van der Waals surface area contributed by atoms with E-state index in [0.717, 1.165) is 5.01 Å². The van der Waals surface area contributed by atoms with Gasteiger partial charge in [0.1, 0.15) is 5.69 Å². The summed E-state index contributed by atoms with van der Waals surface area (Å²) in [6.07, 6.45) is 1.13. The van der Waals surface area contributed by atoms with Gasteiger partial charge in [-0.15, -0.1) is 11.3 Å². The van der Waals surface area contributed by atoms with Gasteiger partial charge in [0.15, 0.2) is 0 Å². The van der Waals surface area contributed by atoms with Crippen molar-refractivity contribution in [3.05, 3.63) is 16.1 Å². The Morgan fingerprint density at radius 1 is 1.68 bits per heavy atom. The molecule has 6 nitrogen and oxygen atoms in total. The highest BCUT2D eigenvalue weighted by Gasteiger charge is 2.21. The Morgan fingerprint density at radius 2 is 2.42 bits per heavy atom. The second-order valence-electron chi connectivity index (χ2n) is 4.59. The molecule has 1 unspecified atom stereocenters. The molecule has 7 heteroatoms. The molecule has 0 aliphatic heterocycles. The second kappa shape index (κ2) is 7.54. The fourth-order valence-corrected chi connectivity index (χ4v) is 2.22. The van der Waals surface area contributed by atoms with Gasteiger partial charge in [0, 0.05) is 38.5 Å². The minimum atomic E-state index is -0.984. The van der Waals surface area contributed by atoms with Crippen molar-refractivity contribution in [2.24, 2.45) is 5.73 Å². The number of ether oxygens (including phenoxy) is 1. The predicted molar refractivity (Wildman–Crippen MR) is 74.3 cm³/mol. The summed E-state index contributed by atoms with van der Waals surface area (Å²) in [6.45, 7) is 2.78. The maximum absolute atomic E-state index is 11.8. The van der Waals surface area contributed by atoms with Gasteiger partial charge in [-0.3, -0.25) is 4.79 Å². The average molecular weight is 287 g/mol. The highest BCUT2D eigenvalue weighted by atomic mass is 32.1. The maximum atomic E-state index is 11.8. The van der Waals surface area contributed by atoms with Crippen LogP contribution >= 0.6 is 11.3 Å². The molecule has 0 saturated heterocycles. The topological polar surface area (TPSA) is 97.5 Å². The van der Waals surface area contributed by atoms with Gasteiger partial charge >= 0.3 is 0 Å². The summed E-state index contributed by atoms with van der Waals surface area (Å²) in [5.41, 5.74) is 4.82. The minimum Gasteiger partial charge on any atom is -0.388 e. The van der Waals surface area contributed by atoms with Crippen LogP contribution in [0.3, 0.4) is 0 Å². The minimum absolute atomic E-state index is 0.166. The van der Waals surface area contributed by atoms with Gasteiger partial charge in [0.2, 0.25) is 0 Å². The zero-order chi connectivity index (χ0) is 14.3. The molecule has 0 saturated carbocycles. The summed E-state index contributed by atoms with van der Waals surface area (Å²) in [6, 6.07) is 0. The number of hydrogen-bond acceptors (Lipinski definition) is 6. The van der Waals surface area contributed by atoms with Crippen LogP contribution in [0.2, 0.25) is 0 Å². The molecule has 1 atom stereocenters. The second-order valence-corrected chi connectivity index (χ2v) is 5.53. The van der Waals surface area contributed by atoms with Crippen LogP contribution in [-0.2, 0) is 11.2 Å². The Kier molecular flexibility index (Phi) is 6.36. The van der Waals surface area contributed by atoms with Crippen molar-refractivity contribution in [2.75, 3.05) is 26.8 Å². The number of aliphatic hydroxyl groups is 1. The predicted octanol–water partition coefficient (Wildman–Crippen LogP) is 0.162. The van der Waals surface area contributed by atoms with Crippen LogP contribution < -0.4 is 11.1 Å². The summed E-state index contributed by atoms with van der Waals surface area (Å²) < 4.78 is 4.90. The van der Waals surface area contributed by atoms with Gasteiger partial charge in [0.25, 0.3) is 5.91 Å². The van der Waals surface area contributed by atoms with Crippen LogP contribution in [0.5, 0.6) is 0 Å². The van der Waals surface area contributed by atoms with E-state index in [-0.39, 0.29) is 12.5 Å². The highest BCUT2D eigenvalue weighted by Crippen LogP contribution is 2.11. The third-order valence-corrected chi connectivity index (χ3v) is 3.53. The number of nitrogens with one attached hydrogen (secondary N) is 1. The first-order valence-corrected chi connectivity index (χ1v) is 7.00. The molecule has 0 aliphatic carbocycles. The molecule has 19 heavy (non-hydrogen) atoms. The summed E-state index contributed by atoms with van der Waals surface area (Å²) in [4.78, 5) is 16.0. The zero-order valence-corrected chi connectivity index (χ0v) is 12.1. The van der Waals surface area contributed by atoms with Crippen molar-refractivity contribution in [3.63, 3.8) is 0 Å². The van der Waals surface area contributed by atoms with E-state index in [1.165, 1.54) is 11.3 Å². The fourth-order valence-electron chi connectivity index (χ4n) is 1.43. The van der Waals surface area contributed by atoms with Gasteiger partial charge in [-0.05, 0) is 13.5 Å². The number of aromatic nitrogens is 1. The van der Waals surface area contributed by atoms with Crippen LogP contribution in [0.4, 0.5) is 0 Å². The zero-order valence-electron chi connectivity index (χ0n) is 11.3. The number of nitrogens with two attached hydrogens (primary N) is 1. The smallest absolute Gasteiger partial charge is 0.270 e. The molecule has 0 radical (unpaired) electrons. The van der Waals surface area contributed by atoms with Crippen LogP contribution in [0.15, 0.2) is 5.38 Å². The first kappa shape index (κ1) is 16.0. The molecular weight excluding hydrogens is 266 g/mol. The Balaban J connectivity index is 2.45. The normalized spacial score (nSPS) is 14.1. The van der Waals surface area contributed by atoms with Gasteiger partial charge in [-0.1, -0.05) is 0 Å². The van der Waals surface area contributed by atoms with Crippen LogP contribution in [-0.4, -0.2) is 48.4 Å². The lowest BCUT2D eigenvalue weighted by Gasteiger charge is -2.22. The number of hydrogen-bond donors (Lipinski definition) is 3. The first-order valence-electron chi connectivity index (χ1n) is 6.12. The van der Waals surface area contributed by atoms with Crippen molar-refractivity contribution in [3.8, 4) is 0 Å². The number of rotatable bonds is 8. The van der Waals surface area contributed by atoms with Gasteiger partial charge in [-0.2, -0.15) is 0 Å². The van der Waals surface area contributed by atoms with E-state index >= 15 is 0 Å². The summed E-state index contributed by atoms with van der Waals surface area (Å²) in [7, 11) is 1.57. The lowest BCUT2D eigenvalue weighted by atomic mass is 10.0. The summed E-state index contributed by atoms with van der Waals surface area (Å²) >= 11 is 1.42. The number of carbonyl (C=O) groups excluding carboxylic acids is 1. The average Bonchev–Trinajstić information content (AvgIpc) is 2.83. The van der Waals surface area contributed by atoms with Gasteiger partial charge in [0.05, 0.1) is 10.6 Å². The lowest BCUT2D eigenvalue weighted by molar-refractivity contribution is 0.0243. The van der Waals surface area contributed by atoms with Gasteiger partial charge in [-0.25, -0.2) is 4.98 Å². The molecule has 1 heterocycles. The van der Waals surface area contributed by atoms with Crippen LogP contribution in [0.25, 0.3) is 0 Å². The number of nitrogens with zero attached hydrogens (tertiary/aromatic N) is 1. The summed E-state index contributed by atoms with van der Waals surface area (Å²) in [5.74, 6) is -0.280. The quantitative estimate of drug-likeness (QED) is 0.633. The molecular formula is C12H21N3O3S. The molecule has 0 aromatic carbocycles. The number of carbonyl (C=O) groups is 1. The molecule has 0 spiro atoms. The van der Waals surface area contributed by atoms with Crippen molar-refractivity contribution >= 4 is 17.2 Å². The number of methoxy groups -OCH3 is 1. The molecule has 108 valence electrons. The standard InChI is InChI=1S/C12H21N3O3S/c1-12(17,4-6-18-2)8-14-11(16)9-7-19-10(15-9)3-5-13/h7,17H,3-6,8,13H2,1-2H3,(H,14,16). The lowest BCUT2D eigenvalue weighted by Crippen LogP contribution is -2.41. The Labute approximate surface area is 117 Å². The summed E-state index contributed by atoms with van der Waals surface area (Å²) in [5, 5.41) is 15.2. The first-order chi connectivity index (χ1) is 8.98.